The van der Waals surface area contributed by atoms with E-state index in [1.54, 1.807) is 14.0 Å². The van der Waals surface area contributed by atoms with Gasteiger partial charge >= 0.3 is 16.2 Å². The summed E-state index contributed by atoms with van der Waals surface area (Å²) in [5.41, 5.74) is 0. The second kappa shape index (κ2) is 6.07. The van der Waals surface area contributed by atoms with Crippen molar-refractivity contribution in [3.05, 3.63) is 4.88 Å². The number of hydrogen-bond donors (Lipinski definition) is 2. The normalized spacial score (nSPS) is 10.4. The Labute approximate surface area is 102 Å². The molecule has 0 saturated heterocycles. The highest BCUT2D eigenvalue weighted by Gasteiger charge is 2.29. The number of hydrogen-bond acceptors (Lipinski definition) is 6. The van der Waals surface area contributed by atoms with E-state index >= 15 is 0 Å². The first kappa shape index (κ1) is 13.3. The number of carbonyl (C=O) groups excluding carboxylic acids is 1. The zero-order chi connectivity index (χ0) is 12.1. The zero-order valence-electron chi connectivity index (χ0n) is 9.10. The molecule has 1 heterocycles. The SMILES string of the molecule is CCOC(=O)c1sc(SCCO)[n+](C)c1O. The molecule has 16 heavy (non-hydrogen) atoms. The molecule has 0 amide bonds. The number of aromatic hydroxyl groups is 1. The van der Waals surface area contributed by atoms with Gasteiger partial charge in [0.25, 0.3) is 0 Å². The van der Waals surface area contributed by atoms with Crippen LogP contribution in [0.1, 0.15) is 16.6 Å². The molecule has 7 heteroatoms. The van der Waals surface area contributed by atoms with E-state index in [-0.39, 0.29) is 24.0 Å². The van der Waals surface area contributed by atoms with Crippen LogP contribution >= 0.6 is 23.1 Å². The molecule has 5 nitrogen and oxygen atoms in total. The third kappa shape index (κ3) is 2.87. The highest BCUT2D eigenvalue weighted by Crippen LogP contribution is 2.29. The van der Waals surface area contributed by atoms with Crippen molar-refractivity contribution in [2.24, 2.45) is 7.05 Å². The fourth-order valence-corrected chi connectivity index (χ4v) is 3.08. The summed E-state index contributed by atoms with van der Waals surface area (Å²) in [6, 6.07) is 0. The van der Waals surface area contributed by atoms with Crippen LogP contribution in [-0.2, 0) is 11.8 Å². The number of rotatable bonds is 5. The molecule has 2 N–H and O–H groups in total. The Kier molecular flexibility index (Phi) is 5.04. The number of esters is 1. The number of aliphatic hydroxyl groups excluding tert-OH is 1. The van der Waals surface area contributed by atoms with Crippen LogP contribution in [0.3, 0.4) is 0 Å². The molecule has 0 radical (unpaired) electrons. The van der Waals surface area contributed by atoms with E-state index in [4.69, 9.17) is 9.84 Å². The van der Waals surface area contributed by atoms with Crippen molar-refractivity contribution < 1.29 is 24.3 Å². The molecule has 0 atom stereocenters. The number of thioether (sulfide) groups is 1. The average Bonchev–Trinajstić information content (AvgIpc) is 2.54. The van der Waals surface area contributed by atoms with Gasteiger partial charge in [-0.25, -0.2) is 4.79 Å². The Morgan fingerprint density at radius 2 is 2.31 bits per heavy atom. The number of thiazole rings is 1. The Morgan fingerprint density at radius 3 is 2.88 bits per heavy atom. The van der Waals surface area contributed by atoms with Gasteiger partial charge in [-0.05, 0) is 30.0 Å². The van der Waals surface area contributed by atoms with Crippen LogP contribution in [0.4, 0.5) is 0 Å². The maximum atomic E-state index is 11.5. The van der Waals surface area contributed by atoms with Crippen LogP contribution in [0.5, 0.6) is 5.88 Å². The zero-order valence-corrected chi connectivity index (χ0v) is 10.7. The Balaban J connectivity index is 2.90. The predicted molar refractivity (Wildman–Crippen MR) is 60.9 cm³/mol. The van der Waals surface area contributed by atoms with Gasteiger partial charge in [-0.1, -0.05) is 0 Å². The molecule has 0 saturated carbocycles. The minimum Gasteiger partial charge on any atom is -0.462 e. The van der Waals surface area contributed by atoms with Crippen molar-refractivity contribution >= 4 is 29.1 Å². The molecular formula is C9H14NO4S2+. The van der Waals surface area contributed by atoms with Gasteiger partial charge in [-0.3, -0.25) is 0 Å². The second-order valence-electron chi connectivity index (χ2n) is 2.87. The summed E-state index contributed by atoms with van der Waals surface area (Å²) < 4.78 is 7.09. The van der Waals surface area contributed by atoms with Crippen LogP contribution in [0.2, 0.25) is 0 Å². The molecule has 0 bridgehead atoms. The Morgan fingerprint density at radius 1 is 1.62 bits per heavy atom. The molecule has 0 unspecified atom stereocenters. The fraction of sp³-hybridized carbons (Fsp3) is 0.556. The van der Waals surface area contributed by atoms with Gasteiger partial charge in [0.1, 0.15) is 7.05 Å². The molecule has 0 aliphatic rings. The lowest BCUT2D eigenvalue weighted by atomic mass is 10.5. The summed E-state index contributed by atoms with van der Waals surface area (Å²) in [5, 5.41) is 18.4. The average molecular weight is 264 g/mol. The van der Waals surface area contributed by atoms with E-state index < -0.39 is 5.97 Å². The van der Waals surface area contributed by atoms with Gasteiger partial charge in [0.15, 0.2) is 0 Å². The van der Waals surface area contributed by atoms with Gasteiger partial charge in [-0.2, -0.15) is 0 Å². The lowest BCUT2D eigenvalue weighted by Crippen LogP contribution is -2.28. The van der Waals surface area contributed by atoms with Crippen molar-refractivity contribution in [2.45, 2.75) is 11.3 Å². The van der Waals surface area contributed by atoms with Crippen molar-refractivity contribution in [3.63, 3.8) is 0 Å². The molecular weight excluding hydrogens is 250 g/mol. The Bertz CT molecular complexity index is 378. The van der Waals surface area contributed by atoms with Gasteiger partial charge in [-0.15, -0.1) is 4.57 Å². The lowest BCUT2D eigenvalue weighted by Gasteiger charge is -1.95. The summed E-state index contributed by atoms with van der Waals surface area (Å²) in [7, 11) is 1.66. The number of aromatic nitrogens is 1. The van der Waals surface area contributed by atoms with Gasteiger partial charge in [0.05, 0.1) is 13.2 Å². The van der Waals surface area contributed by atoms with E-state index in [0.717, 1.165) is 15.7 Å². The summed E-state index contributed by atoms with van der Waals surface area (Å²) in [5.74, 6) is -0.0869. The quantitative estimate of drug-likeness (QED) is 0.461. The summed E-state index contributed by atoms with van der Waals surface area (Å²) in [6.07, 6.45) is 0. The lowest BCUT2D eigenvalue weighted by molar-refractivity contribution is -0.707. The molecule has 90 valence electrons. The molecule has 0 spiro atoms. The number of carbonyl (C=O) groups is 1. The first-order valence-electron chi connectivity index (χ1n) is 4.74. The third-order valence-electron chi connectivity index (χ3n) is 1.76. The van der Waals surface area contributed by atoms with Crippen LogP contribution < -0.4 is 4.57 Å². The standard InChI is InChI=1S/C9H13NO4S2/c1-3-14-8(13)6-7(12)10(2)9(16-6)15-5-4-11/h11H,3-5H2,1-2H3/p+1. The van der Waals surface area contributed by atoms with Gasteiger partial charge in [0, 0.05) is 5.75 Å². The van der Waals surface area contributed by atoms with E-state index in [1.165, 1.54) is 16.3 Å². The summed E-state index contributed by atoms with van der Waals surface area (Å²) in [4.78, 5) is 11.7. The molecule has 1 aromatic heterocycles. The minimum atomic E-state index is -0.517. The monoisotopic (exact) mass is 264 g/mol. The van der Waals surface area contributed by atoms with E-state index in [2.05, 4.69) is 0 Å². The molecule has 0 aliphatic carbocycles. The summed E-state index contributed by atoms with van der Waals surface area (Å²) >= 11 is 2.55. The van der Waals surface area contributed by atoms with Crippen molar-refractivity contribution in [1.82, 2.24) is 0 Å². The van der Waals surface area contributed by atoms with Crippen LogP contribution in [0.25, 0.3) is 0 Å². The van der Waals surface area contributed by atoms with Gasteiger partial charge < -0.3 is 14.9 Å². The maximum absolute atomic E-state index is 11.5. The third-order valence-corrected chi connectivity index (χ3v) is 4.27. The predicted octanol–water partition coefficient (Wildman–Crippen LogP) is 0.539. The molecule has 1 aromatic rings. The van der Waals surface area contributed by atoms with Crippen molar-refractivity contribution in [3.8, 4) is 5.88 Å². The molecule has 0 aromatic carbocycles. The summed E-state index contributed by atoms with van der Waals surface area (Å²) in [6.45, 7) is 2.04. The maximum Gasteiger partial charge on any atom is 0.392 e. The highest BCUT2D eigenvalue weighted by atomic mass is 32.2. The van der Waals surface area contributed by atoms with Crippen LogP contribution in [0, 0.1) is 0 Å². The molecule has 0 aliphatic heterocycles. The van der Waals surface area contributed by atoms with Crippen molar-refractivity contribution in [2.75, 3.05) is 19.0 Å². The molecule has 0 fully saturated rings. The first-order chi connectivity index (χ1) is 7.61. The Hall–Kier alpha value is -0.790. The van der Waals surface area contributed by atoms with Crippen molar-refractivity contribution in [1.29, 1.82) is 0 Å². The first-order valence-corrected chi connectivity index (χ1v) is 6.54. The topological polar surface area (TPSA) is 70.6 Å². The van der Waals surface area contributed by atoms with Crippen LogP contribution in [0.15, 0.2) is 4.34 Å². The minimum absolute atomic E-state index is 0.0536. The smallest absolute Gasteiger partial charge is 0.392 e. The number of aliphatic hydroxyl groups is 1. The van der Waals surface area contributed by atoms with Crippen LogP contribution in [-0.4, -0.2) is 35.1 Å². The largest absolute Gasteiger partial charge is 0.462 e. The van der Waals surface area contributed by atoms with Gasteiger partial charge in [0.2, 0.25) is 4.88 Å². The number of ether oxygens (including phenoxy) is 1. The fourth-order valence-electron chi connectivity index (χ4n) is 1.03. The van der Waals surface area contributed by atoms with E-state index in [1.807, 2.05) is 0 Å². The molecule has 1 rings (SSSR count). The highest BCUT2D eigenvalue weighted by molar-refractivity contribution is 8.00. The van der Waals surface area contributed by atoms with E-state index in [0.29, 0.717) is 5.75 Å². The second-order valence-corrected chi connectivity index (χ2v) is 5.21. The number of nitrogens with zero attached hydrogens (tertiary/aromatic N) is 1. The van der Waals surface area contributed by atoms with E-state index in [9.17, 15) is 9.90 Å².